The first kappa shape index (κ1) is 14.0. The summed E-state index contributed by atoms with van der Waals surface area (Å²) in [6, 6.07) is 0.555. The van der Waals surface area contributed by atoms with Gasteiger partial charge in [-0.1, -0.05) is 39.5 Å². The first-order chi connectivity index (χ1) is 7.77. The van der Waals surface area contributed by atoms with Gasteiger partial charge in [-0.3, -0.25) is 0 Å². The van der Waals surface area contributed by atoms with E-state index in [2.05, 4.69) is 19.2 Å². The van der Waals surface area contributed by atoms with Gasteiger partial charge >= 0.3 is 0 Å². The molecule has 1 aliphatic carbocycles. The quantitative estimate of drug-likeness (QED) is 0.701. The van der Waals surface area contributed by atoms with Crippen LogP contribution in [0.15, 0.2) is 0 Å². The monoisotopic (exact) mass is 227 g/mol. The van der Waals surface area contributed by atoms with E-state index in [1.807, 2.05) is 0 Å². The molecule has 0 spiro atoms. The fourth-order valence-corrected chi connectivity index (χ4v) is 2.68. The molecular formula is C14H29NO. The van der Waals surface area contributed by atoms with Crippen LogP contribution in [0, 0.1) is 11.8 Å². The Kier molecular flexibility index (Phi) is 7.06. The van der Waals surface area contributed by atoms with E-state index in [0.29, 0.717) is 12.6 Å². The molecule has 1 rings (SSSR count). The Hall–Kier alpha value is -0.0800. The van der Waals surface area contributed by atoms with Crippen molar-refractivity contribution in [1.82, 2.24) is 5.32 Å². The number of nitrogens with one attached hydrogen (secondary N) is 1. The van der Waals surface area contributed by atoms with Gasteiger partial charge in [0.05, 0.1) is 0 Å². The molecule has 1 fully saturated rings. The third-order valence-corrected chi connectivity index (χ3v) is 4.08. The number of hydrogen-bond acceptors (Lipinski definition) is 2. The van der Waals surface area contributed by atoms with Gasteiger partial charge < -0.3 is 10.4 Å². The lowest BCUT2D eigenvalue weighted by atomic mass is 9.82. The van der Waals surface area contributed by atoms with Crippen molar-refractivity contribution in [3.05, 3.63) is 0 Å². The van der Waals surface area contributed by atoms with Gasteiger partial charge in [-0.25, -0.2) is 0 Å². The van der Waals surface area contributed by atoms with Gasteiger partial charge in [-0.2, -0.15) is 0 Å². The Morgan fingerprint density at radius 2 is 1.94 bits per heavy atom. The van der Waals surface area contributed by atoms with Crippen molar-refractivity contribution in [1.29, 1.82) is 0 Å². The van der Waals surface area contributed by atoms with Crippen LogP contribution >= 0.6 is 0 Å². The minimum atomic E-state index is 0.328. The van der Waals surface area contributed by atoms with Crippen molar-refractivity contribution >= 4 is 0 Å². The van der Waals surface area contributed by atoms with E-state index in [1.54, 1.807) is 0 Å². The molecule has 1 aliphatic rings. The molecule has 16 heavy (non-hydrogen) atoms. The third-order valence-electron chi connectivity index (χ3n) is 4.08. The molecular weight excluding hydrogens is 198 g/mol. The van der Waals surface area contributed by atoms with Gasteiger partial charge in [0.25, 0.3) is 0 Å². The van der Waals surface area contributed by atoms with Crippen molar-refractivity contribution in [2.45, 2.75) is 64.8 Å². The molecule has 0 radical (unpaired) electrons. The molecule has 96 valence electrons. The maximum atomic E-state index is 9.15. The Labute approximate surface area is 101 Å². The summed E-state index contributed by atoms with van der Waals surface area (Å²) in [5.41, 5.74) is 0. The maximum Gasteiger partial charge on any atom is 0.0445 e. The second-order valence-corrected chi connectivity index (χ2v) is 5.44. The summed E-state index contributed by atoms with van der Waals surface area (Å²) >= 11 is 0. The molecule has 2 N–H and O–H groups in total. The van der Waals surface area contributed by atoms with Crippen LogP contribution in [0.1, 0.15) is 58.8 Å². The predicted octanol–water partition coefficient (Wildman–Crippen LogP) is 2.95. The molecule has 0 bridgehead atoms. The van der Waals surface area contributed by atoms with Crippen LogP contribution < -0.4 is 5.32 Å². The maximum absolute atomic E-state index is 9.15. The summed E-state index contributed by atoms with van der Waals surface area (Å²) in [6.45, 7) is 5.98. The van der Waals surface area contributed by atoms with Gasteiger partial charge in [0, 0.05) is 12.6 Å². The predicted molar refractivity (Wildman–Crippen MR) is 69.5 cm³/mol. The highest BCUT2D eigenvalue weighted by molar-refractivity contribution is 4.79. The second-order valence-electron chi connectivity index (χ2n) is 5.44. The lowest BCUT2D eigenvalue weighted by Crippen LogP contribution is -2.40. The molecule has 2 heteroatoms. The highest BCUT2D eigenvalue weighted by Gasteiger charge is 2.22. The van der Waals surface area contributed by atoms with E-state index >= 15 is 0 Å². The van der Waals surface area contributed by atoms with Crippen LogP contribution in [0.25, 0.3) is 0 Å². The highest BCUT2D eigenvalue weighted by atomic mass is 16.3. The molecule has 2 unspecified atom stereocenters. The topological polar surface area (TPSA) is 32.3 Å². The fraction of sp³-hybridized carbons (Fsp3) is 1.00. The summed E-state index contributed by atoms with van der Waals surface area (Å²) in [7, 11) is 0. The molecule has 2 atom stereocenters. The SMILES string of the molecule is CCC(C)CNC(CCO)C1CCCCC1. The molecule has 0 amide bonds. The van der Waals surface area contributed by atoms with Crippen LogP contribution in [-0.4, -0.2) is 24.3 Å². The average Bonchev–Trinajstić information content (AvgIpc) is 2.35. The summed E-state index contributed by atoms with van der Waals surface area (Å²) in [5, 5.41) is 12.8. The van der Waals surface area contributed by atoms with Crippen LogP contribution in [0.5, 0.6) is 0 Å². The Balaban J connectivity index is 2.33. The summed E-state index contributed by atoms with van der Waals surface area (Å²) in [4.78, 5) is 0. The minimum Gasteiger partial charge on any atom is -0.396 e. The number of aliphatic hydroxyl groups is 1. The first-order valence-electron chi connectivity index (χ1n) is 7.12. The van der Waals surface area contributed by atoms with Crippen molar-refractivity contribution in [3.8, 4) is 0 Å². The van der Waals surface area contributed by atoms with Gasteiger partial charge in [0.1, 0.15) is 0 Å². The van der Waals surface area contributed by atoms with Crippen LogP contribution in [0.2, 0.25) is 0 Å². The van der Waals surface area contributed by atoms with Crippen LogP contribution in [0.4, 0.5) is 0 Å². The zero-order valence-electron chi connectivity index (χ0n) is 11.0. The van der Waals surface area contributed by atoms with E-state index in [1.165, 1.54) is 38.5 Å². The number of hydrogen-bond donors (Lipinski definition) is 2. The molecule has 0 aromatic rings. The standard InChI is InChI=1S/C14H29NO/c1-3-12(2)11-15-14(9-10-16)13-7-5-4-6-8-13/h12-16H,3-11H2,1-2H3. The lowest BCUT2D eigenvalue weighted by Gasteiger charge is -2.31. The van der Waals surface area contributed by atoms with E-state index < -0.39 is 0 Å². The average molecular weight is 227 g/mol. The van der Waals surface area contributed by atoms with Gasteiger partial charge in [0.2, 0.25) is 0 Å². The van der Waals surface area contributed by atoms with Gasteiger partial charge in [-0.05, 0) is 37.6 Å². The first-order valence-corrected chi connectivity index (χ1v) is 7.12. The van der Waals surface area contributed by atoms with Crippen molar-refractivity contribution in [2.75, 3.05) is 13.2 Å². The summed E-state index contributed by atoms with van der Waals surface area (Å²) in [6.07, 6.45) is 9.07. The number of rotatable bonds is 7. The summed E-state index contributed by atoms with van der Waals surface area (Å²) < 4.78 is 0. The molecule has 0 aromatic heterocycles. The van der Waals surface area contributed by atoms with E-state index in [4.69, 9.17) is 5.11 Å². The number of aliphatic hydroxyl groups excluding tert-OH is 1. The zero-order chi connectivity index (χ0) is 11.8. The lowest BCUT2D eigenvalue weighted by molar-refractivity contribution is 0.202. The normalized spacial score (nSPS) is 21.9. The van der Waals surface area contributed by atoms with Crippen molar-refractivity contribution in [3.63, 3.8) is 0 Å². The molecule has 0 aromatic carbocycles. The Bertz CT molecular complexity index is 166. The van der Waals surface area contributed by atoms with Gasteiger partial charge in [-0.15, -0.1) is 0 Å². The largest absolute Gasteiger partial charge is 0.396 e. The Morgan fingerprint density at radius 3 is 2.50 bits per heavy atom. The van der Waals surface area contributed by atoms with Crippen LogP contribution in [0.3, 0.4) is 0 Å². The smallest absolute Gasteiger partial charge is 0.0445 e. The Morgan fingerprint density at radius 1 is 1.25 bits per heavy atom. The molecule has 0 heterocycles. The zero-order valence-corrected chi connectivity index (χ0v) is 11.0. The molecule has 0 aliphatic heterocycles. The molecule has 0 saturated heterocycles. The van der Waals surface area contributed by atoms with E-state index in [9.17, 15) is 0 Å². The van der Waals surface area contributed by atoms with E-state index in [0.717, 1.165) is 24.8 Å². The third kappa shape index (κ3) is 4.84. The summed E-state index contributed by atoms with van der Waals surface area (Å²) in [5.74, 6) is 1.56. The van der Waals surface area contributed by atoms with E-state index in [-0.39, 0.29) is 0 Å². The fourth-order valence-electron chi connectivity index (χ4n) is 2.68. The minimum absolute atomic E-state index is 0.328. The second kappa shape index (κ2) is 8.08. The van der Waals surface area contributed by atoms with Crippen LogP contribution in [-0.2, 0) is 0 Å². The molecule has 1 saturated carbocycles. The van der Waals surface area contributed by atoms with Crippen molar-refractivity contribution in [2.24, 2.45) is 11.8 Å². The molecule has 2 nitrogen and oxygen atoms in total. The van der Waals surface area contributed by atoms with Crippen molar-refractivity contribution < 1.29 is 5.11 Å². The highest BCUT2D eigenvalue weighted by Crippen LogP contribution is 2.27. The van der Waals surface area contributed by atoms with Gasteiger partial charge in [0.15, 0.2) is 0 Å².